The number of fused-ring (bicyclic) bond motifs is 9. The average molecular weight is 600 g/mol. The van der Waals surface area contributed by atoms with Gasteiger partial charge in [0.2, 0.25) is 0 Å². The molecule has 47 heavy (non-hydrogen) atoms. The summed E-state index contributed by atoms with van der Waals surface area (Å²) >= 11 is 0. The van der Waals surface area contributed by atoms with Crippen molar-refractivity contribution in [2.24, 2.45) is 0 Å². The standard InChI is InChI=1S/C43H25N3O/c1-2-9-29-23-30(15-13-26(29)7-1)41-44-42(46-43(45-41)32-19-22-40-38(25-32)36-11-5-6-12-39(36)47-40)31-16-14-28-18-20-34-33-10-4-3-8-27(33)17-21-35(34)37(28)24-31/h1-25H. The van der Waals surface area contributed by atoms with Gasteiger partial charge in [0.1, 0.15) is 11.2 Å². The lowest BCUT2D eigenvalue weighted by atomic mass is 9.96. The molecule has 0 N–H and O–H groups in total. The van der Waals surface area contributed by atoms with Gasteiger partial charge in [-0.15, -0.1) is 0 Å². The van der Waals surface area contributed by atoms with Crippen LogP contribution in [0.5, 0.6) is 0 Å². The van der Waals surface area contributed by atoms with Crippen LogP contribution in [-0.2, 0) is 0 Å². The second-order valence-corrected chi connectivity index (χ2v) is 12.1. The van der Waals surface area contributed by atoms with Gasteiger partial charge in [-0.3, -0.25) is 0 Å². The van der Waals surface area contributed by atoms with Crippen molar-refractivity contribution in [1.29, 1.82) is 0 Å². The number of nitrogens with zero attached hydrogens (tertiary/aromatic N) is 3. The predicted octanol–water partition coefficient (Wildman–Crippen LogP) is 11.4. The highest BCUT2D eigenvalue weighted by atomic mass is 16.3. The summed E-state index contributed by atoms with van der Waals surface area (Å²) in [7, 11) is 0. The zero-order valence-electron chi connectivity index (χ0n) is 25.2. The summed E-state index contributed by atoms with van der Waals surface area (Å²) in [6.07, 6.45) is 0. The van der Waals surface area contributed by atoms with Gasteiger partial charge in [0.05, 0.1) is 0 Å². The molecule has 0 bridgehead atoms. The molecule has 0 radical (unpaired) electrons. The van der Waals surface area contributed by atoms with E-state index < -0.39 is 0 Å². The first-order valence-electron chi connectivity index (χ1n) is 15.8. The molecule has 0 aliphatic carbocycles. The Bertz CT molecular complexity index is 2870. The highest BCUT2D eigenvalue weighted by molar-refractivity contribution is 6.17. The minimum atomic E-state index is 0.620. The second kappa shape index (κ2) is 10.1. The first-order valence-corrected chi connectivity index (χ1v) is 15.8. The monoisotopic (exact) mass is 599 g/mol. The van der Waals surface area contributed by atoms with E-state index in [0.29, 0.717) is 17.5 Å². The fourth-order valence-electron chi connectivity index (χ4n) is 6.91. The molecule has 8 aromatic carbocycles. The maximum absolute atomic E-state index is 6.12. The molecule has 0 saturated carbocycles. The zero-order chi connectivity index (χ0) is 30.9. The first kappa shape index (κ1) is 25.9. The molecule has 2 aromatic heterocycles. The van der Waals surface area contributed by atoms with Crippen molar-refractivity contribution in [3.05, 3.63) is 152 Å². The van der Waals surface area contributed by atoms with Gasteiger partial charge >= 0.3 is 0 Å². The van der Waals surface area contributed by atoms with Crippen LogP contribution in [0.4, 0.5) is 0 Å². The van der Waals surface area contributed by atoms with Gasteiger partial charge in [0, 0.05) is 27.5 Å². The largest absolute Gasteiger partial charge is 0.456 e. The van der Waals surface area contributed by atoms with Crippen LogP contribution in [0.2, 0.25) is 0 Å². The van der Waals surface area contributed by atoms with E-state index in [2.05, 4.69) is 121 Å². The lowest BCUT2D eigenvalue weighted by Gasteiger charge is -2.11. The molecule has 0 unspecified atom stereocenters. The van der Waals surface area contributed by atoms with Gasteiger partial charge < -0.3 is 4.42 Å². The van der Waals surface area contributed by atoms with Crippen molar-refractivity contribution in [3.63, 3.8) is 0 Å². The summed E-state index contributed by atoms with van der Waals surface area (Å²) < 4.78 is 6.12. The highest BCUT2D eigenvalue weighted by Crippen LogP contribution is 2.36. The zero-order valence-corrected chi connectivity index (χ0v) is 25.2. The molecular formula is C43H25N3O. The first-order chi connectivity index (χ1) is 23.2. The fraction of sp³-hybridized carbons (Fsp3) is 0. The Morgan fingerprint density at radius 2 is 0.787 bits per heavy atom. The van der Waals surface area contributed by atoms with Crippen molar-refractivity contribution >= 4 is 65.0 Å². The van der Waals surface area contributed by atoms with Crippen molar-refractivity contribution in [2.75, 3.05) is 0 Å². The Labute approximate surface area is 269 Å². The lowest BCUT2D eigenvalue weighted by Crippen LogP contribution is -2.00. The molecule has 0 atom stereocenters. The normalized spacial score (nSPS) is 11.8. The van der Waals surface area contributed by atoms with Crippen LogP contribution in [0.25, 0.3) is 99.2 Å². The van der Waals surface area contributed by atoms with Gasteiger partial charge in [-0.1, -0.05) is 115 Å². The third-order valence-corrected chi connectivity index (χ3v) is 9.28. The molecule has 4 heteroatoms. The van der Waals surface area contributed by atoms with Gasteiger partial charge in [0.25, 0.3) is 0 Å². The van der Waals surface area contributed by atoms with Crippen molar-refractivity contribution in [2.45, 2.75) is 0 Å². The van der Waals surface area contributed by atoms with Crippen LogP contribution < -0.4 is 0 Å². The van der Waals surface area contributed by atoms with E-state index in [1.807, 2.05) is 30.3 Å². The molecular weight excluding hydrogens is 574 g/mol. The molecule has 218 valence electrons. The maximum atomic E-state index is 6.12. The Morgan fingerprint density at radius 3 is 1.55 bits per heavy atom. The topological polar surface area (TPSA) is 51.8 Å². The molecule has 0 saturated heterocycles. The van der Waals surface area contributed by atoms with Gasteiger partial charge in [-0.25, -0.2) is 15.0 Å². The third kappa shape index (κ3) is 4.19. The van der Waals surface area contributed by atoms with Crippen LogP contribution in [0.3, 0.4) is 0 Å². The Morgan fingerprint density at radius 1 is 0.298 bits per heavy atom. The van der Waals surface area contributed by atoms with Gasteiger partial charge in [-0.05, 0) is 79.5 Å². The van der Waals surface area contributed by atoms with E-state index in [0.717, 1.165) is 44.0 Å². The molecule has 10 aromatic rings. The smallest absolute Gasteiger partial charge is 0.164 e. The van der Waals surface area contributed by atoms with Crippen LogP contribution in [-0.4, -0.2) is 15.0 Å². The summed E-state index contributed by atoms with van der Waals surface area (Å²) in [5.74, 6) is 1.89. The highest BCUT2D eigenvalue weighted by Gasteiger charge is 2.16. The number of para-hydroxylation sites is 1. The minimum absolute atomic E-state index is 0.620. The summed E-state index contributed by atoms with van der Waals surface area (Å²) in [4.78, 5) is 15.3. The molecule has 0 spiro atoms. The molecule has 0 aliphatic heterocycles. The number of benzene rings is 8. The quantitative estimate of drug-likeness (QED) is 0.190. The number of rotatable bonds is 3. The fourth-order valence-corrected chi connectivity index (χ4v) is 6.91. The number of hydrogen-bond donors (Lipinski definition) is 0. The van der Waals surface area contributed by atoms with E-state index >= 15 is 0 Å². The molecule has 10 rings (SSSR count). The van der Waals surface area contributed by atoms with E-state index in [4.69, 9.17) is 19.4 Å². The number of hydrogen-bond acceptors (Lipinski definition) is 4. The molecule has 4 nitrogen and oxygen atoms in total. The van der Waals surface area contributed by atoms with Crippen LogP contribution in [0.15, 0.2) is 156 Å². The van der Waals surface area contributed by atoms with E-state index in [1.165, 1.54) is 37.7 Å². The van der Waals surface area contributed by atoms with Crippen molar-refractivity contribution in [1.82, 2.24) is 15.0 Å². The summed E-state index contributed by atoms with van der Waals surface area (Å²) in [5, 5.41) is 11.7. The average Bonchev–Trinajstić information content (AvgIpc) is 3.52. The summed E-state index contributed by atoms with van der Waals surface area (Å²) in [6, 6.07) is 53.0. The summed E-state index contributed by atoms with van der Waals surface area (Å²) in [6.45, 7) is 0. The van der Waals surface area contributed by atoms with Crippen LogP contribution >= 0.6 is 0 Å². The molecule has 0 fully saturated rings. The Hall–Kier alpha value is -6.39. The summed E-state index contributed by atoms with van der Waals surface area (Å²) in [5.41, 5.74) is 4.50. The SMILES string of the molecule is c1ccc2cc(-c3nc(-c4ccc5ccc6c7ccccc7ccc6c5c4)nc(-c4ccc5oc6ccccc6c5c4)n3)ccc2c1. The lowest BCUT2D eigenvalue weighted by molar-refractivity contribution is 0.669. The molecule has 0 amide bonds. The minimum Gasteiger partial charge on any atom is -0.456 e. The number of furan rings is 1. The van der Waals surface area contributed by atoms with Crippen LogP contribution in [0, 0.1) is 0 Å². The van der Waals surface area contributed by atoms with E-state index in [9.17, 15) is 0 Å². The number of aromatic nitrogens is 3. The van der Waals surface area contributed by atoms with Crippen molar-refractivity contribution in [3.8, 4) is 34.2 Å². The third-order valence-electron chi connectivity index (χ3n) is 9.28. The van der Waals surface area contributed by atoms with Crippen LogP contribution in [0.1, 0.15) is 0 Å². The van der Waals surface area contributed by atoms with Gasteiger partial charge in [-0.2, -0.15) is 0 Å². The van der Waals surface area contributed by atoms with E-state index in [-0.39, 0.29) is 0 Å². The molecule has 2 heterocycles. The molecule has 0 aliphatic rings. The van der Waals surface area contributed by atoms with E-state index in [1.54, 1.807) is 0 Å². The van der Waals surface area contributed by atoms with Crippen molar-refractivity contribution < 1.29 is 4.42 Å². The maximum Gasteiger partial charge on any atom is 0.164 e. The van der Waals surface area contributed by atoms with Gasteiger partial charge in [0.15, 0.2) is 17.5 Å². The Kier molecular flexibility index (Phi) is 5.54. The predicted molar refractivity (Wildman–Crippen MR) is 193 cm³/mol. The second-order valence-electron chi connectivity index (χ2n) is 12.1. The Balaban J connectivity index is 1.20.